The van der Waals surface area contributed by atoms with Crippen LogP contribution in [0, 0.1) is 11.8 Å². The monoisotopic (exact) mass is 284 g/mol. The number of carbonyl (C=O) groups is 1. The molecule has 2 aliphatic rings. The maximum Gasteiger partial charge on any atom is 0.195 e. The van der Waals surface area contributed by atoms with Crippen LogP contribution >= 0.6 is 0 Å². The Hall–Kier alpha value is -1.19. The second-order valence-corrected chi connectivity index (χ2v) is 5.77. The summed E-state index contributed by atoms with van der Waals surface area (Å²) >= 11 is 0. The Morgan fingerprint density at radius 2 is 1.90 bits per heavy atom. The molecule has 0 heterocycles. The standard InChI is InChI=1S/C16H22F2O2/c17-14-4-1-5-15(16(14)18)20-11-13-8-6-12(7-9-13)3-2-10-19/h4,10,12-13H,1-3,5-9,11H2. The van der Waals surface area contributed by atoms with Gasteiger partial charge in [0.05, 0.1) is 6.61 Å². The number of halogens is 2. The Balaban J connectivity index is 1.72. The van der Waals surface area contributed by atoms with Crippen LogP contribution in [-0.4, -0.2) is 12.9 Å². The molecule has 0 N–H and O–H groups in total. The summed E-state index contributed by atoms with van der Waals surface area (Å²) in [5.74, 6) is -0.368. The summed E-state index contributed by atoms with van der Waals surface area (Å²) in [6.45, 7) is 0.483. The number of carbonyl (C=O) groups excluding carboxylic acids is 1. The van der Waals surface area contributed by atoms with Gasteiger partial charge in [-0.25, -0.2) is 8.78 Å². The molecule has 20 heavy (non-hydrogen) atoms. The molecule has 0 atom stereocenters. The number of rotatable bonds is 6. The highest BCUT2D eigenvalue weighted by molar-refractivity contribution is 5.49. The SMILES string of the molecule is O=CCCC1CCC(COC2=C(F)C(F)=CCC2)CC1. The number of allylic oxidation sites excluding steroid dienone is 4. The van der Waals surface area contributed by atoms with Crippen molar-refractivity contribution in [2.24, 2.45) is 11.8 Å². The van der Waals surface area contributed by atoms with E-state index in [1.807, 2.05) is 0 Å². The van der Waals surface area contributed by atoms with Gasteiger partial charge in [0.15, 0.2) is 11.7 Å². The second kappa shape index (κ2) is 7.55. The van der Waals surface area contributed by atoms with E-state index < -0.39 is 11.7 Å². The first-order valence-electron chi connectivity index (χ1n) is 7.51. The van der Waals surface area contributed by atoms with Crippen LogP contribution in [0.4, 0.5) is 8.78 Å². The summed E-state index contributed by atoms with van der Waals surface area (Å²) in [6.07, 6.45) is 9.15. The highest BCUT2D eigenvalue weighted by Gasteiger charge is 2.23. The Bertz CT molecular complexity index is 393. The van der Waals surface area contributed by atoms with Crippen molar-refractivity contribution in [3.63, 3.8) is 0 Å². The number of hydrogen-bond acceptors (Lipinski definition) is 2. The number of ether oxygens (including phenoxy) is 1. The van der Waals surface area contributed by atoms with Crippen LogP contribution in [0.3, 0.4) is 0 Å². The van der Waals surface area contributed by atoms with Gasteiger partial charge in [-0.2, -0.15) is 0 Å². The quantitative estimate of drug-likeness (QED) is 0.665. The first-order valence-corrected chi connectivity index (χ1v) is 7.51. The molecular formula is C16H22F2O2. The molecule has 0 aromatic carbocycles. The molecule has 0 saturated heterocycles. The van der Waals surface area contributed by atoms with E-state index in [0.29, 0.717) is 37.7 Å². The molecule has 112 valence electrons. The fourth-order valence-electron chi connectivity index (χ4n) is 3.01. The van der Waals surface area contributed by atoms with Crippen molar-refractivity contribution in [1.82, 2.24) is 0 Å². The van der Waals surface area contributed by atoms with E-state index in [1.165, 1.54) is 6.08 Å². The molecule has 1 saturated carbocycles. The summed E-state index contributed by atoms with van der Waals surface area (Å²) < 4.78 is 32.0. The van der Waals surface area contributed by atoms with Gasteiger partial charge in [-0.15, -0.1) is 0 Å². The van der Waals surface area contributed by atoms with Gasteiger partial charge >= 0.3 is 0 Å². The highest BCUT2D eigenvalue weighted by Crippen LogP contribution is 2.33. The minimum absolute atomic E-state index is 0.174. The molecule has 0 aromatic heterocycles. The van der Waals surface area contributed by atoms with Gasteiger partial charge in [0, 0.05) is 12.8 Å². The van der Waals surface area contributed by atoms with Gasteiger partial charge in [-0.3, -0.25) is 0 Å². The Morgan fingerprint density at radius 1 is 1.20 bits per heavy atom. The molecule has 4 heteroatoms. The van der Waals surface area contributed by atoms with E-state index >= 15 is 0 Å². The van der Waals surface area contributed by atoms with Crippen molar-refractivity contribution in [3.05, 3.63) is 23.5 Å². The lowest BCUT2D eigenvalue weighted by Crippen LogP contribution is -2.19. The van der Waals surface area contributed by atoms with E-state index in [-0.39, 0.29) is 5.76 Å². The zero-order valence-electron chi connectivity index (χ0n) is 11.7. The average molecular weight is 284 g/mol. The van der Waals surface area contributed by atoms with Crippen LogP contribution in [0.5, 0.6) is 0 Å². The first kappa shape index (κ1) is 15.2. The zero-order valence-corrected chi connectivity index (χ0v) is 11.7. The molecule has 0 aliphatic heterocycles. The lowest BCUT2D eigenvalue weighted by Gasteiger charge is -2.28. The van der Waals surface area contributed by atoms with Crippen molar-refractivity contribution in [2.45, 2.75) is 51.4 Å². The van der Waals surface area contributed by atoms with Crippen LogP contribution in [-0.2, 0) is 9.53 Å². The summed E-state index contributed by atoms with van der Waals surface area (Å²) in [4.78, 5) is 10.4. The molecule has 0 aromatic rings. The van der Waals surface area contributed by atoms with Crippen LogP contribution in [0.1, 0.15) is 51.4 Å². The van der Waals surface area contributed by atoms with Crippen LogP contribution in [0.15, 0.2) is 23.5 Å². The third-order valence-electron chi connectivity index (χ3n) is 4.30. The normalized spacial score (nSPS) is 27.2. The van der Waals surface area contributed by atoms with E-state index in [1.54, 1.807) is 0 Å². The fraction of sp³-hybridized carbons (Fsp3) is 0.688. The summed E-state index contributed by atoms with van der Waals surface area (Å²) in [6, 6.07) is 0. The van der Waals surface area contributed by atoms with Gasteiger partial charge in [0.25, 0.3) is 0 Å². The lowest BCUT2D eigenvalue weighted by molar-refractivity contribution is -0.108. The van der Waals surface area contributed by atoms with Crippen LogP contribution in [0.25, 0.3) is 0 Å². The van der Waals surface area contributed by atoms with Crippen LogP contribution < -0.4 is 0 Å². The highest BCUT2D eigenvalue weighted by atomic mass is 19.2. The maximum atomic E-state index is 13.5. The molecule has 0 amide bonds. The lowest BCUT2D eigenvalue weighted by atomic mass is 9.80. The van der Waals surface area contributed by atoms with Gasteiger partial charge in [-0.05, 0) is 43.6 Å². The predicted molar refractivity (Wildman–Crippen MR) is 73.3 cm³/mol. The Kier molecular flexibility index (Phi) is 5.74. The third kappa shape index (κ3) is 4.15. The van der Waals surface area contributed by atoms with Gasteiger partial charge in [-0.1, -0.05) is 12.8 Å². The third-order valence-corrected chi connectivity index (χ3v) is 4.30. The number of aldehydes is 1. The van der Waals surface area contributed by atoms with Gasteiger partial charge < -0.3 is 9.53 Å². The molecular weight excluding hydrogens is 262 g/mol. The summed E-state index contributed by atoms with van der Waals surface area (Å²) in [5.41, 5.74) is 0. The Labute approximate surface area is 118 Å². The molecule has 0 radical (unpaired) electrons. The molecule has 2 rings (SSSR count). The molecule has 0 spiro atoms. The van der Waals surface area contributed by atoms with Crippen molar-refractivity contribution in [2.75, 3.05) is 6.61 Å². The molecule has 1 fully saturated rings. The predicted octanol–water partition coefficient (Wildman–Crippen LogP) is 4.62. The van der Waals surface area contributed by atoms with Gasteiger partial charge in [0.1, 0.15) is 12.0 Å². The summed E-state index contributed by atoms with van der Waals surface area (Å²) in [5, 5.41) is 0. The van der Waals surface area contributed by atoms with E-state index in [0.717, 1.165) is 38.4 Å². The molecule has 2 aliphatic carbocycles. The van der Waals surface area contributed by atoms with E-state index in [2.05, 4.69) is 0 Å². The van der Waals surface area contributed by atoms with Crippen molar-refractivity contribution < 1.29 is 18.3 Å². The second-order valence-electron chi connectivity index (χ2n) is 5.77. The average Bonchev–Trinajstić information content (AvgIpc) is 2.48. The minimum Gasteiger partial charge on any atom is -0.494 e. The van der Waals surface area contributed by atoms with Crippen molar-refractivity contribution >= 4 is 6.29 Å². The van der Waals surface area contributed by atoms with Crippen LogP contribution in [0.2, 0.25) is 0 Å². The van der Waals surface area contributed by atoms with E-state index in [4.69, 9.17) is 4.74 Å². The van der Waals surface area contributed by atoms with E-state index in [9.17, 15) is 13.6 Å². The zero-order chi connectivity index (χ0) is 14.4. The minimum atomic E-state index is -0.823. The molecule has 0 bridgehead atoms. The van der Waals surface area contributed by atoms with Crippen molar-refractivity contribution in [3.8, 4) is 0 Å². The smallest absolute Gasteiger partial charge is 0.195 e. The Morgan fingerprint density at radius 3 is 2.60 bits per heavy atom. The van der Waals surface area contributed by atoms with Crippen molar-refractivity contribution in [1.29, 1.82) is 0 Å². The maximum absolute atomic E-state index is 13.5. The van der Waals surface area contributed by atoms with Gasteiger partial charge in [0.2, 0.25) is 0 Å². The first-order chi connectivity index (χ1) is 9.70. The topological polar surface area (TPSA) is 26.3 Å². The fourth-order valence-corrected chi connectivity index (χ4v) is 3.01. The molecule has 0 unspecified atom stereocenters. The largest absolute Gasteiger partial charge is 0.494 e. The molecule has 2 nitrogen and oxygen atoms in total. The summed E-state index contributed by atoms with van der Waals surface area (Å²) in [7, 11) is 0. The number of hydrogen-bond donors (Lipinski definition) is 0.